The Labute approximate surface area is 316 Å². The Morgan fingerprint density at radius 2 is 1.02 bits per heavy atom. The number of rotatable bonds is 4. The molecule has 11 rings (SSSR count). The Hall–Kier alpha value is -7.86. The molecule has 0 N–H and O–H groups in total. The summed E-state index contributed by atoms with van der Waals surface area (Å²) < 4.78 is 7.01. The summed E-state index contributed by atoms with van der Waals surface area (Å²) in [5.41, 5.74) is 12.4. The second kappa shape index (κ2) is 11.8. The summed E-state index contributed by atoms with van der Waals surface area (Å²) in [6.45, 7) is 8.09. The van der Waals surface area contributed by atoms with Gasteiger partial charge in [-0.3, -0.25) is 0 Å². The highest BCUT2D eigenvalue weighted by Crippen LogP contribution is 2.45. The van der Waals surface area contributed by atoms with Crippen LogP contribution in [-0.2, 0) is 0 Å². The number of nitrogens with zero attached hydrogens (tertiary/aromatic N) is 5. The van der Waals surface area contributed by atoms with Crippen LogP contribution in [0.4, 0.5) is 5.69 Å². The minimum absolute atomic E-state index is 0.547. The lowest BCUT2D eigenvalue weighted by Gasteiger charge is -2.19. The van der Waals surface area contributed by atoms with Crippen LogP contribution in [0.2, 0.25) is 0 Å². The van der Waals surface area contributed by atoms with Crippen molar-refractivity contribution in [1.29, 1.82) is 5.26 Å². The van der Waals surface area contributed by atoms with Crippen LogP contribution in [-0.4, -0.2) is 13.7 Å². The molecule has 0 fully saturated rings. The molecule has 0 radical (unpaired) electrons. The van der Waals surface area contributed by atoms with Gasteiger partial charge in [-0.1, -0.05) is 109 Å². The zero-order valence-corrected chi connectivity index (χ0v) is 29.5. The monoisotopic (exact) mass is 699 g/mol. The van der Waals surface area contributed by atoms with Gasteiger partial charge < -0.3 is 13.7 Å². The van der Waals surface area contributed by atoms with Crippen LogP contribution in [0, 0.1) is 17.9 Å². The maximum absolute atomic E-state index is 10.4. The molecule has 0 bridgehead atoms. The van der Waals surface area contributed by atoms with Gasteiger partial charge in [-0.15, -0.1) is 0 Å². The second-order valence-corrected chi connectivity index (χ2v) is 13.9. The van der Waals surface area contributed by atoms with Gasteiger partial charge in [-0.25, -0.2) is 4.85 Å². The van der Waals surface area contributed by atoms with Crippen molar-refractivity contribution < 1.29 is 0 Å². The van der Waals surface area contributed by atoms with Crippen LogP contribution >= 0.6 is 0 Å². The van der Waals surface area contributed by atoms with E-state index >= 15 is 0 Å². The third-order valence-corrected chi connectivity index (χ3v) is 11.1. The minimum atomic E-state index is 0.547. The van der Waals surface area contributed by atoms with E-state index in [2.05, 4.69) is 170 Å². The topological polar surface area (TPSA) is 42.9 Å². The first kappa shape index (κ1) is 30.7. The molecule has 11 aromatic rings. The van der Waals surface area contributed by atoms with E-state index in [-0.39, 0.29) is 0 Å². The van der Waals surface area contributed by atoms with Gasteiger partial charge in [0.1, 0.15) is 0 Å². The highest BCUT2D eigenvalue weighted by atomic mass is 15.0. The number of nitriles is 1. The van der Waals surface area contributed by atoms with Crippen LogP contribution in [0.1, 0.15) is 5.56 Å². The second-order valence-electron chi connectivity index (χ2n) is 13.9. The first-order chi connectivity index (χ1) is 27.2. The van der Waals surface area contributed by atoms with Gasteiger partial charge in [0.15, 0.2) is 5.69 Å². The molecule has 0 saturated carbocycles. The van der Waals surface area contributed by atoms with E-state index < -0.39 is 0 Å². The Kier molecular flexibility index (Phi) is 6.61. The molecule has 5 nitrogen and oxygen atoms in total. The van der Waals surface area contributed by atoms with Crippen LogP contribution in [0.25, 0.3) is 98.5 Å². The van der Waals surface area contributed by atoms with E-state index in [0.717, 1.165) is 93.6 Å². The van der Waals surface area contributed by atoms with Crippen LogP contribution in [0.15, 0.2) is 176 Å². The zero-order valence-electron chi connectivity index (χ0n) is 29.5. The Morgan fingerprint density at radius 1 is 0.436 bits per heavy atom. The molecule has 0 aliphatic rings. The number of fused-ring (bicyclic) bond motifs is 10. The largest absolute Gasteiger partial charge is 0.309 e. The number of para-hydroxylation sites is 5. The van der Waals surface area contributed by atoms with Crippen molar-refractivity contribution in [3.8, 4) is 34.3 Å². The van der Waals surface area contributed by atoms with E-state index in [1.54, 1.807) is 0 Å². The molecule has 55 heavy (non-hydrogen) atoms. The molecule has 254 valence electrons. The maximum atomic E-state index is 10.4. The summed E-state index contributed by atoms with van der Waals surface area (Å²) in [4.78, 5) is 3.92. The van der Waals surface area contributed by atoms with Gasteiger partial charge in [0.25, 0.3) is 0 Å². The normalized spacial score (nSPS) is 11.6. The number of benzene rings is 8. The molecule has 0 atom stereocenters. The summed E-state index contributed by atoms with van der Waals surface area (Å²) in [7, 11) is 0. The molecule has 0 amide bonds. The Morgan fingerprint density at radius 3 is 1.67 bits per heavy atom. The Balaban J connectivity index is 1.31. The van der Waals surface area contributed by atoms with Gasteiger partial charge in [0.2, 0.25) is 0 Å². The SMILES string of the molecule is [C-]#[N+]c1ccc(-n2c3ccccc3c3ccccc32)c(-c2ccc(C#N)cc2-n2c3ccccc3c3ccc4c(c5ccccc5n4-c4ccccc4)c32)c1. The van der Waals surface area contributed by atoms with Crippen molar-refractivity contribution in [2.75, 3.05) is 0 Å². The van der Waals surface area contributed by atoms with Gasteiger partial charge >= 0.3 is 0 Å². The van der Waals surface area contributed by atoms with Gasteiger partial charge in [-0.2, -0.15) is 5.26 Å². The van der Waals surface area contributed by atoms with Crippen molar-refractivity contribution in [1.82, 2.24) is 13.7 Å². The van der Waals surface area contributed by atoms with E-state index in [4.69, 9.17) is 6.57 Å². The predicted molar refractivity (Wildman–Crippen MR) is 226 cm³/mol. The fraction of sp³-hybridized carbons (Fsp3) is 0. The highest BCUT2D eigenvalue weighted by molar-refractivity contribution is 6.26. The van der Waals surface area contributed by atoms with E-state index in [1.807, 2.05) is 30.3 Å². The van der Waals surface area contributed by atoms with Gasteiger partial charge in [0.05, 0.1) is 62.7 Å². The van der Waals surface area contributed by atoms with Crippen LogP contribution < -0.4 is 0 Å². The van der Waals surface area contributed by atoms with Crippen molar-refractivity contribution in [2.24, 2.45) is 0 Å². The summed E-state index contributed by atoms with van der Waals surface area (Å²) in [6, 6.07) is 63.5. The molecule has 0 spiro atoms. The summed E-state index contributed by atoms with van der Waals surface area (Å²) in [5.74, 6) is 0. The lowest BCUT2D eigenvalue weighted by atomic mass is 9.98. The highest BCUT2D eigenvalue weighted by Gasteiger charge is 2.24. The number of hydrogen-bond donors (Lipinski definition) is 0. The molecule has 0 aliphatic heterocycles. The van der Waals surface area contributed by atoms with E-state index in [1.165, 1.54) is 0 Å². The molecule has 8 aromatic carbocycles. The smallest absolute Gasteiger partial charge is 0.188 e. The molecule has 0 unspecified atom stereocenters. The first-order valence-corrected chi connectivity index (χ1v) is 18.3. The zero-order chi connectivity index (χ0) is 36.6. The molecule has 3 aromatic heterocycles. The molecule has 0 aliphatic carbocycles. The lowest BCUT2D eigenvalue weighted by Crippen LogP contribution is -2.02. The van der Waals surface area contributed by atoms with E-state index in [9.17, 15) is 5.26 Å². The fourth-order valence-corrected chi connectivity index (χ4v) is 8.81. The third kappa shape index (κ3) is 4.39. The molecular weight excluding hydrogens is 671 g/mol. The van der Waals surface area contributed by atoms with Gasteiger partial charge in [0, 0.05) is 43.6 Å². The maximum Gasteiger partial charge on any atom is 0.188 e. The number of aromatic nitrogens is 3. The average Bonchev–Trinajstić information content (AvgIpc) is 3.89. The van der Waals surface area contributed by atoms with Crippen molar-refractivity contribution in [2.45, 2.75) is 0 Å². The van der Waals surface area contributed by atoms with Crippen molar-refractivity contribution in [3.63, 3.8) is 0 Å². The average molecular weight is 700 g/mol. The fourth-order valence-electron chi connectivity index (χ4n) is 8.81. The Bertz CT molecular complexity index is 3400. The lowest BCUT2D eigenvalue weighted by molar-refractivity contribution is 1.16. The van der Waals surface area contributed by atoms with Crippen LogP contribution in [0.3, 0.4) is 0 Å². The summed E-state index contributed by atoms with van der Waals surface area (Å²) >= 11 is 0. The van der Waals surface area contributed by atoms with Gasteiger partial charge in [-0.05, 0) is 72.3 Å². The van der Waals surface area contributed by atoms with E-state index in [0.29, 0.717) is 11.3 Å². The summed E-state index contributed by atoms with van der Waals surface area (Å²) in [6.07, 6.45) is 0. The predicted octanol–water partition coefficient (Wildman–Crippen LogP) is 13.1. The van der Waals surface area contributed by atoms with Crippen molar-refractivity contribution in [3.05, 3.63) is 193 Å². The molecule has 3 heterocycles. The van der Waals surface area contributed by atoms with Crippen LogP contribution in [0.5, 0.6) is 0 Å². The number of hydrogen-bond acceptors (Lipinski definition) is 1. The molecule has 5 heteroatoms. The molecule has 0 saturated heterocycles. The first-order valence-electron chi connectivity index (χ1n) is 18.3. The summed E-state index contributed by atoms with van der Waals surface area (Å²) in [5, 5.41) is 17.3. The molecular formula is C50H29N5. The third-order valence-electron chi connectivity index (χ3n) is 11.1. The minimum Gasteiger partial charge on any atom is -0.309 e. The standard InChI is InChI=1S/C50H29N5/c1-52-33-24-27-46(54-42-19-9-5-15-35(42)36-16-6-10-20-43(36)54)41(30-33)38-25-23-32(31-51)29-48(38)55-44-21-11-7-17-37(44)39-26-28-47-49(50(39)55)40-18-8-12-22-45(40)53(47)34-13-3-2-4-14-34/h2-30H. The van der Waals surface area contributed by atoms with Crippen molar-refractivity contribution >= 4 is 71.1 Å². The quantitative estimate of drug-likeness (QED) is 0.169.